The Kier molecular flexibility index (Phi) is 4.63. The van der Waals surface area contributed by atoms with Gasteiger partial charge in [-0.2, -0.15) is 4.98 Å². The maximum atomic E-state index is 6.27. The molecule has 1 saturated heterocycles. The van der Waals surface area contributed by atoms with Gasteiger partial charge in [-0.15, -0.1) is 0 Å². The van der Waals surface area contributed by atoms with Crippen LogP contribution in [0.15, 0.2) is 29.0 Å². The van der Waals surface area contributed by atoms with E-state index in [9.17, 15) is 0 Å². The van der Waals surface area contributed by atoms with Gasteiger partial charge in [0.05, 0.1) is 12.1 Å². The lowest BCUT2D eigenvalue weighted by atomic mass is 10.3. The predicted octanol–water partition coefficient (Wildman–Crippen LogP) is 2.62. The monoisotopic (exact) mass is 383 g/mol. The first-order chi connectivity index (χ1) is 10.7. The molecule has 0 unspecified atom stereocenters. The molecule has 1 fully saturated rings. The summed E-state index contributed by atoms with van der Waals surface area (Å²) in [6.07, 6.45) is 3.47. The molecule has 6 nitrogen and oxygen atoms in total. The van der Waals surface area contributed by atoms with Crippen LogP contribution in [0.25, 0.3) is 0 Å². The lowest BCUT2D eigenvalue weighted by Gasteiger charge is -2.35. The standard InChI is InChI=1S/C14H15BrClN5O/c1-22-12-2-3-17-14(19-12)21-6-4-20(5-7-21)13-11(16)8-10(15)9-18-13/h2-3,8-9H,4-7H2,1H3. The summed E-state index contributed by atoms with van der Waals surface area (Å²) in [5, 5.41) is 0.653. The summed E-state index contributed by atoms with van der Waals surface area (Å²) < 4.78 is 6.02. The van der Waals surface area contributed by atoms with E-state index in [1.54, 1.807) is 25.6 Å². The van der Waals surface area contributed by atoms with Gasteiger partial charge in [0.15, 0.2) is 0 Å². The first kappa shape index (κ1) is 15.3. The SMILES string of the molecule is COc1ccnc(N2CCN(c3ncc(Br)cc3Cl)CC2)n1. The smallest absolute Gasteiger partial charge is 0.228 e. The zero-order valence-electron chi connectivity index (χ0n) is 12.0. The first-order valence-corrected chi connectivity index (χ1v) is 8.02. The van der Waals surface area contributed by atoms with E-state index in [0.29, 0.717) is 16.9 Å². The molecule has 0 aliphatic carbocycles. The molecule has 0 saturated carbocycles. The molecule has 1 aliphatic rings. The number of methoxy groups -OCH3 is 1. The van der Waals surface area contributed by atoms with Gasteiger partial charge in [0.2, 0.25) is 11.8 Å². The van der Waals surface area contributed by atoms with Gasteiger partial charge < -0.3 is 14.5 Å². The molecule has 0 N–H and O–H groups in total. The van der Waals surface area contributed by atoms with Crippen molar-refractivity contribution in [3.8, 4) is 5.88 Å². The quantitative estimate of drug-likeness (QED) is 0.811. The number of hydrogen-bond donors (Lipinski definition) is 0. The summed E-state index contributed by atoms with van der Waals surface area (Å²) in [5.41, 5.74) is 0. The third kappa shape index (κ3) is 3.25. The highest BCUT2D eigenvalue weighted by molar-refractivity contribution is 9.10. The molecule has 0 bridgehead atoms. The Hall–Kier alpha value is -1.60. The third-order valence-corrected chi connectivity index (χ3v) is 4.19. The highest BCUT2D eigenvalue weighted by Gasteiger charge is 2.21. The van der Waals surface area contributed by atoms with Crippen molar-refractivity contribution in [2.24, 2.45) is 0 Å². The fourth-order valence-corrected chi connectivity index (χ4v) is 3.11. The predicted molar refractivity (Wildman–Crippen MR) is 90.0 cm³/mol. The van der Waals surface area contributed by atoms with Crippen LogP contribution in [0.5, 0.6) is 5.88 Å². The molecule has 8 heteroatoms. The average Bonchev–Trinajstić information content (AvgIpc) is 2.55. The molecule has 0 spiro atoms. The number of ether oxygens (including phenoxy) is 1. The summed E-state index contributed by atoms with van der Waals surface area (Å²) in [6.45, 7) is 3.24. The van der Waals surface area contributed by atoms with Gasteiger partial charge >= 0.3 is 0 Å². The molecule has 0 radical (unpaired) electrons. The highest BCUT2D eigenvalue weighted by Crippen LogP contribution is 2.27. The van der Waals surface area contributed by atoms with Crippen LogP contribution in [-0.2, 0) is 0 Å². The summed E-state index contributed by atoms with van der Waals surface area (Å²) >= 11 is 9.64. The number of aromatic nitrogens is 3. The second-order valence-corrected chi connectivity index (χ2v) is 6.15. The van der Waals surface area contributed by atoms with Crippen molar-refractivity contribution in [2.45, 2.75) is 0 Å². The number of nitrogens with zero attached hydrogens (tertiary/aromatic N) is 5. The second-order valence-electron chi connectivity index (χ2n) is 4.83. The molecule has 3 heterocycles. The Balaban J connectivity index is 1.69. The molecular weight excluding hydrogens is 370 g/mol. The maximum Gasteiger partial charge on any atom is 0.228 e. The Bertz CT molecular complexity index is 663. The van der Waals surface area contributed by atoms with Crippen molar-refractivity contribution in [1.82, 2.24) is 15.0 Å². The van der Waals surface area contributed by atoms with E-state index in [2.05, 4.69) is 40.7 Å². The lowest BCUT2D eigenvalue weighted by molar-refractivity contribution is 0.396. The van der Waals surface area contributed by atoms with Gasteiger partial charge in [-0.3, -0.25) is 0 Å². The Morgan fingerprint density at radius 2 is 1.91 bits per heavy atom. The Morgan fingerprint density at radius 3 is 2.59 bits per heavy atom. The van der Waals surface area contributed by atoms with Gasteiger partial charge in [-0.1, -0.05) is 11.6 Å². The first-order valence-electron chi connectivity index (χ1n) is 6.85. The fraction of sp³-hybridized carbons (Fsp3) is 0.357. The number of hydrogen-bond acceptors (Lipinski definition) is 6. The molecule has 3 rings (SSSR count). The van der Waals surface area contributed by atoms with E-state index in [0.717, 1.165) is 36.5 Å². The number of rotatable bonds is 3. The van der Waals surface area contributed by atoms with Crippen molar-refractivity contribution in [2.75, 3.05) is 43.1 Å². The summed E-state index contributed by atoms with van der Waals surface area (Å²) in [6, 6.07) is 3.60. The number of piperazine rings is 1. The second kappa shape index (κ2) is 6.66. The van der Waals surface area contributed by atoms with Crippen LogP contribution in [0.3, 0.4) is 0 Å². The van der Waals surface area contributed by atoms with Gasteiger partial charge in [-0.05, 0) is 22.0 Å². The van der Waals surface area contributed by atoms with Crippen molar-refractivity contribution in [1.29, 1.82) is 0 Å². The molecule has 0 amide bonds. The minimum atomic E-state index is 0.574. The fourth-order valence-electron chi connectivity index (χ4n) is 2.36. The van der Waals surface area contributed by atoms with Crippen molar-refractivity contribution >= 4 is 39.3 Å². The van der Waals surface area contributed by atoms with E-state index < -0.39 is 0 Å². The number of anilines is 2. The maximum absolute atomic E-state index is 6.27. The highest BCUT2D eigenvalue weighted by atomic mass is 79.9. The van der Waals surface area contributed by atoms with E-state index in [4.69, 9.17) is 16.3 Å². The molecule has 22 heavy (non-hydrogen) atoms. The van der Waals surface area contributed by atoms with Gasteiger partial charge in [-0.25, -0.2) is 9.97 Å². The summed E-state index contributed by atoms with van der Waals surface area (Å²) in [7, 11) is 1.60. The number of halogens is 2. The van der Waals surface area contributed by atoms with Gasteiger partial charge in [0.1, 0.15) is 5.82 Å². The van der Waals surface area contributed by atoms with Crippen LogP contribution in [0.4, 0.5) is 11.8 Å². The zero-order chi connectivity index (χ0) is 15.5. The molecule has 0 aromatic carbocycles. The topological polar surface area (TPSA) is 54.4 Å². The third-order valence-electron chi connectivity index (χ3n) is 3.48. The summed E-state index contributed by atoms with van der Waals surface area (Å²) in [4.78, 5) is 17.4. The zero-order valence-corrected chi connectivity index (χ0v) is 14.4. The minimum absolute atomic E-state index is 0.574. The van der Waals surface area contributed by atoms with Crippen LogP contribution in [0.2, 0.25) is 5.02 Å². The average molecular weight is 385 g/mol. The van der Waals surface area contributed by atoms with Crippen LogP contribution in [0.1, 0.15) is 0 Å². The van der Waals surface area contributed by atoms with E-state index in [-0.39, 0.29) is 0 Å². The van der Waals surface area contributed by atoms with Gasteiger partial charge in [0.25, 0.3) is 0 Å². The molecule has 1 aliphatic heterocycles. The minimum Gasteiger partial charge on any atom is -0.481 e. The van der Waals surface area contributed by atoms with E-state index >= 15 is 0 Å². The molecule has 0 atom stereocenters. The number of pyridine rings is 1. The van der Waals surface area contributed by atoms with Crippen molar-refractivity contribution in [3.63, 3.8) is 0 Å². The molecule has 2 aromatic rings. The molecule has 2 aromatic heterocycles. The normalized spacial score (nSPS) is 15.0. The molecular formula is C14H15BrClN5O. The Morgan fingerprint density at radius 1 is 1.18 bits per heavy atom. The van der Waals surface area contributed by atoms with E-state index in [1.807, 2.05) is 6.07 Å². The summed E-state index contributed by atoms with van der Waals surface area (Å²) in [5.74, 6) is 2.08. The van der Waals surface area contributed by atoms with Crippen LogP contribution in [0, 0.1) is 0 Å². The van der Waals surface area contributed by atoms with Crippen LogP contribution < -0.4 is 14.5 Å². The lowest BCUT2D eigenvalue weighted by Crippen LogP contribution is -2.47. The van der Waals surface area contributed by atoms with Crippen molar-refractivity contribution in [3.05, 3.63) is 34.0 Å². The molecule has 116 valence electrons. The Labute approximate surface area is 142 Å². The largest absolute Gasteiger partial charge is 0.481 e. The van der Waals surface area contributed by atoms with Crippen molar-refractivity contribution < 1.29 is 4.74 Å². The van der Waals surface area contributed by atoms with Crippen LogP contribution >= 0.6 is 27.5 Å². The van der Waals surface area contributed by atoms with E-state index in [1.165, 1.54) is 0 Å². The van der Waals surface area contributed by atoms with Crippen LogP contribution in [-0.4, -0.2) is 48.2 Å². The van der Waals surface area contributed by atoms with Gasteiger partial charge in [0, 0.05) is 49.1 Å².